The van der Waals surface area contributed by atoms with Gasteiger partial charge in [-0.3, -0.25) is 9.59 Å². The first-order valence-corrected chi connectivity index (χ1v) is 6.74. The van der Waals surface area contributed by atoms with Crippen LogP contribution in [0.5, 0.6) is 0 Å². The summed E-state index contributed by atoms with van der Waals surface area (Å²) in [4.78, 5) is 27.5. The molecule has 1 heterocycles. The fourth-order valence-electron chi connectivity index (χ4n) is 3.24. The first-order chi connectivity index (χ1) is 8.19. The number of piperazine rings is 1. The highest BCUT2D eigenvalue weighted by Crippen LogP contribution is 2.68. The van der Waals surface area contributed by atoms with Crippen molar-refractivity contribution in [3.05, 3.63) is 0 Å². The maximum Gasteiger partial charge on any atom is 0.226 e. The molecule has 0 aromatic carbocycles. The molecule has 18 heavy (non-hydrogen) atoms. The molecule has 0 aromatic heterocycles. The molecule has 0 atom stereocenters. The largest absolute Gasteiger partial charge is 0.339 e. The summed E-state index contributed by atoms with van der Waals surface area (Å²) in [5.74, 6) is 0.510. The average Bonchev–Trinajstić information content (AvgIpc) is 2.69. The zero-order chi connectivity index (χ0) is 13.7. The van der Waals surface area contributed by atoms with E-state index < -0.39 is 0 Å². The molecular formula is C14H24N2O2. The SMILES string of the molecule is CC(=O)N1CCN(C(=O)C2C(C)(C)C2(C)C)CC1. The van der Waals surface area contributed by atoms with E-state index in [1.807, 2.05) is 9.80 Å². The normalized spacial score (nSPS) is 26.1. The predicted octanol–water partition coefficient (Wildman–Crippen LogP) is 1.36. The minimum atomic E-state index is 0.0990. The Bertz CT molecular complexity index is 365. The Labute approximate surface area is 109 Å². The van der Waals surface area contributed by atoms with Crippen LogP contribution in [0.15, 0.2) is 0 Å². The molecule has 2 amide bonds. The van der Waals surface area contributed by atoms with Crippen LogP contribution in [0, 0.1) is 16.7 Å². The van der Waals surface area contributed by atoms with E-state index in [1.165, 1.54) is 0 Å². The summed E-state index contributed by atoms with van der Waals surface area (Å²) in [5, 5.41) is 0. The summed E-state index contributed by atoms with van der Waals surface area (Å²) in [5.41, 5.74) is 0.198. The van der Waals surface area contributed by atoms with Crippen molar-refractivity contribution >= 4 is 11.8 Å². The first-order valence-electron chi connectivity index (χ1n) is 6.74. The van der Waals surface area contributed by atoms with Crippen LogP contribution >= 0.6 is 0 Å². The molecule has 1 aliphatic carbocycles. The number of carbonyl (C=O) groups is 2. The van der Waals surface area contributed by atoms with Gasteiger partial charge in [-0.05, 0) is 10.8 Å². The highest BCUT2D eigenvalue weighted by atomic mass is 16.2. The number of hydrogen-bond acceptors (Lipinski definition) is 2. The molecule has 0 bridgehead atoms. The number of hydrogen-bond donors (Lipinski definition) is 0. The maximum absolute atomic E-state index is 12.5. The molecule has 2 aliphatic rings. The summed E-state index contributed by atoms with van der Waals surface area (Å²) in [6.07, 6.45) is 0. The Morgan fingerprint density at radius 2 is 1.28 bits per heavy atom. The smallest absolute Gasteiger partial charge is 0.226 e. The van der Waals surface area contributed by atoms with Gasteiger partial charge in [0.05, 0.1) is 0 Å². The second kappa shape index (κ2) is 3.97. The third-order valence-corrected chi connectivity index (χ3v) is 5.30. The van der Waals surface area contributed by atoms with Crippen molar-refractivity contribution in [2.75, 3.05) is 26.2 Å². The molecule has 0 N–H and O–H groups in total. The van der Waals surface area contributed by atoms with Crippen molar-refractivity contribution in [2.24, 2.45) is 16.7 Å². The third-order valence-electron chi connectivity index (χ3n) is 5.30. The van der Waals surface area contributed by atoms with E-state index in [0.29, 0.717) is 26.2 Å². The lowest BCUT2D eigenvalue weighted by atomic mass is 10.0. The summed E-state index contributed by atoms with van der Waals surface area (Å²) in [7, 11) is 0. The van der Waals surface area contributed by atoms with Gasteiger partial charge in [-0.2, -0.15) is 0 Å². The minimum Gasteiger partial charge on any atom is -0.339 e. The molecule has 2 rings (SSSR count). The van der Waals surface area contributed by atoms with Crippen LogP contribution in [-0.2, 0) is 9.59 Å². The van der Waals surface area contributed by atoms with Crippen LogP contribution in [0.4, 0.5) is 0 Å². The van der Waals surface area contributed by atoms with Gasteiger partial charge in [0.15, 0.2) is 0 Å². The highest BCUT2D eigenvalue weighted by molar-refractivity contribution is 5.84. The number of nitrogens with zero attached hydrogens (tertiary/aromatic N) is 2. The summed E-state index contributed by atoms with van der Waals surface area (Å²) >= 11 is 0. The molecule has 4 nitrogen and oxygen atoms in total. The molecular weight excluding hydrogens is 228 g/mol. The average molecular weight is 252 g/mol. The van der Waals surface area contributed by atoms with Gasteiger partial charge in [-0.15, -0.1) is 0 Å². The van der Waals surface area contributed by atoms with Crippen LogP contribution in [0.2, 0.25) is 0 Å². The van der Waals surface area contributed by atoms with Crippen molar-refractivity contribution in [3.63, 3.8) is 0 Å². The molecule has 1 aliphatic heterocycles. The summed E-state index contributed by atoms with van der Waals surface area (Å²) in [6, 6.07) is 0. The summed E-state index contributed by atoms with van der Waals surface area (Å²) in [6.45, 7) is 13.0. The van der Waals surface area contributed by atoms with Gasteiger partial charge in [-0.25, -0.2) is 0 Å². The Morgan fingerprint density at radius 3 is 1.61 bits per heavy atom. The van der Waals surface area contributed by atoms with Crippen molar-refractivity contribution < 1.29 is 9.59 Å². The lowest BCUT2D eigenvalue weighted by Gasteiger charge is -2.34. The van der Waals surface area contributed by atoms with Crippen LogP contribution in [-0.4, -0.2) is 47.8 Å². The Morgan fingerprint density at radius 1 is 0.889 bits per heavy atom. The van der Waals surface area contributed by atoms with Gasteiger partial charge in [-0.1, -0.05) is 27.7 Å². The van der Waals surface area contributed by atoms with Crippen molar-refractivity contribution in [1.29, 1.82) is 0 Å². The molecule has 0 unspecified atom stereocenters. The monoisotopic (exact) mass is 252 g/mol. The minimum absolute atomic E-state index is 0.0990. The van der Waals surface area contributed by atoms with Gasteiger partial charge in [0.25, 0.3) is 0 Å². The maximum atomic E-state index is 12.5. The Kier molecular flexibility index (Phi) is 2.95. The standard InChI is InChI=1S/C14H24N2O2/c1-10(17)15-6-8-16(9-7-15)12(18)11-13(2,3)14(11,4)5/h11H,6-9H2,1-5H3. The quantitative estimate of drug-likeness (QED) is 0.707. The molecule has 102 valence electrons. The highest BCUT2D eigenvalue weighted by Gasteiger charge is 2.68. The molecule has 1 saturated carbocycles. The predicted molar refractivity (Wildman–Crippen MR) is 69.9 cm³/mol. The lowest BCUT2D eigenvalue weighted by Crippen LogP contribution is -2.50. The topological polar surface area (TPSA) is 40.6 Å². The van der Waals surface area contributed by atoms with E-state index in [2.05, 4.69) is 27.7 Å². The van der Waals surface area contributed by atoms with Crippen LogP contribution < -0.4 is 0 Å². The van der Waals surface area contributed by atoms with Crippen LogP contribution in [0.25, 0.3) is 0 Å². The van der Waals surface area contributed by atoms with Crippen molar-refractivity contribution in [3.8, 4) is 0 Å². The molecule has 0 radical (unpaired) electrons. The molecule has 1 saturated heterocycles. The van der Waals surface area contributed by atoms with E-state index in [1.54, 1.807) is 6.92 Å². The fourth-order valence-corrected chi connectivity index (χ4v) is 3.24. The van der Waals surface area contributed by atoms with Crippen molar-refractivity contribution in [1.82, 2.24) is 9.80 Å². The van der Waals surface area contributed by atoms with Gasteiger partial charge in [0.1, 0.15) is 0 Å². The third kappa shape index (κ3) is 1.82. The molecule has 0 spiro atoms. The Hall–Kier alpha value is -1.06. The molecule has 2 fully saturated rings. The zero-order valence-electron chi connectivity index (χ0n) is 12.1. The van der Waals surface area contributed by atoms with Gasteiger partial charge >= 0.3 is 0 Å². The van der Waals surface area contributed by atoms with E-state index >= 15 is 0 Å². The van der Waals surface area contributed by atoms with Crippen molar-refractivity contribution in [2.45, 2.75) is 34.6 Å². The van der Waals surface area contributed by atoms with E-state index in [4.69, 9.17) is 0 Å². The van der Waals surface area contributed by atoms with E-state index in [9.17, 15) is 9.59 Å². The van der Waals surface area contributed by atoms with Crippen LogP contribution in [0.3, 0.4) is 0 Å². The van der Waals surface area contributed by atoms with Gasteiger partial charge in [0.2, 0.25) is 11.8 Å². The van der Waals surface area contributed by atoms with E-state index in [-0.39, 0.29) is 28.6 Å². The lowest BCUT2D eigenvalue weighted by molar-refractivity contribution is -0.140. The fraction of sp³-hybridized carbons (Fsp3) is 0.857. The van der Waals surface area contributed by atoms with E-state index in [0.717, 1.165) is 0 Å². The number of rotatable bonds is 1. The van der Waals surface area contributed by atoms with Gasteiger partial charge < -0.3 is 9.80 Å². The second-order valence-electron chi connectivity index (χ2n) is 6.71. The zero-order valence-corrected chi connectivity index (χ0v) is 12.1. The molecule has 0 aromatic rings. The summed E-state index contributed by atoms with van der Waals surface area (Å²) < 4.78 is 0. The number of amides is 2. The van der Waals surface area contributed by atoms with Crippen LogP contribution in [0.1, 0.15) is 34.6 Å². The van der Waals surface area contributed by atoms with Gasteiger partial charge in [0, 0.05) is 39.0 Å². The second-order valence-corrected chi connectivity index (χ2v) is 6.71. The molecule has 4 heteroatoms. The Balaban J connectivity index is 1.96. The first kappa shape index (κ1) is 13.4. The number of carbonyl (C=O) groups excluding carboxylic acids is 2.